The first-order valence-electron chi connectivity index (χ1n) is 5.92. The molecular formula is C12H17FN2O3S. The monoisotopic (exact) mass is 288 g/mol. The largest absolute Gasteiger partial charge is 0.339 e. The maximum Gasteiger partial charge on any atom is 0.253 e. The molecule has 0 aromatic heterocycles. The van der Waals surface area contributed by atoms with E-state index in [2.05, 4.69) is 0 Å². The highest BCUT2D eigenvalue weighted by Gasteiger charge is 2.18. The molecule has 7 heteroatoms. The number of benzene rings is 1. The Bertz CT molecular complexity index is 572. The van der Waals surface area contributed by atoms with E-state index in [1.165, 1.54) is 4.90 Å². The van der Waals surface area contributed by atoms with Gasteiger partial charge in [0.2, 0.25) is 10.0 Å². The number of hydrogen-bond acceptors (Lipinski definition) is 3. The summed E-state index contributed by atoms with van der Waals surface area (Å²) in [6.07, 6.45) is 0.761. The number of primary sulfonamides is 1. The number of carbonyl (C=O) groups is 1. The zero-order valence-electron chi connectivity index (χ0n) is 10.9. The molecule has 0 heterocycles. The predicted octanol–water partition coefficient (Wildman–Crippen LogP) is 1.35. The second-order valence-electron chi connectivity index (χ2n) is 4.11. The molecule has 0 bridgehead atoms. The number of rotatable bonds is 5. The summed E-state index contributed by atoms with van der Waals surface area (Å²) in [6, 6.07) is 2.90. The molecule has 5 nitrogen and oxygen atoms in total. The van der Waals surface area contributed by atoms with Crippen molar-refractivity contribution in [2.45, 2.75) is 25.2 Å². The van der Waals surface area contributed by atoms with Gasteiger partial charge in [-0.2, -0.15) is 0 Å². The fraction of sp³-hybridized carbons (Fsp3) is 0.417. The normalized spacial score (nSPS) is 11.4. The fourth-order valence-corrected chi connectivity index (χ4v) is 2.27. The summed E-state index contributed by atoms with van der Waals surface area (Å²) < 4.78 is 35.8. The molecule has 0 aliphatic heterocycles. The number of nitrogens with two attached hydrogens (primary N) is 1. The number of halogens is 1. The number of sulfonamides is 1. The zero-order valence-corrected chi connectivity index (χ0v) is 11.7. The summed E-state index contributed by atoms with van der Waals surface area (Å²) >= 11 is 0. The molecule has 1 aromatic rings. The lowest BCUT2D eigenvalue weighted by Gasteiger charge is -2.20. The van der Waals surface area contributed by atoms with Gasteiger partial charge in [-0.3, -0.25) is 4.79 Å². The predicted molar refractivity (Wildman–Crippen MR) is 69.6 cm³/mol. The molecule has 19 heavy (non-hydrogen) atoms. The van der Waals surface area contributed by atoms with E-state index in [1.54, 1.807) is 6.92 Å². The van der Waals surface area contributed by atoms with E-state index in [9.17, 15) is 17.6 Å². The van der Waals surface area contributed by atoms with Gasteiger partial charge in [0.25, 0.3) is 5.91 Å². The smallest absolute Gasteiger partial charge is 0.253 e. The highest BCUT2D eigenvalue weighted by atomic mass is 32.2. The highest BCUT2D eigenvalue weighted by molar-refractivity contribution is 7.89. The van der Waals surface area contributed by atoms with Gasteiger partial charge in [0.05, 0.1) is 4.90 Å². The first-order chi connectivity index (χ1) is 8.79. The van der Waals surface area contributed by atoms with Crippen LogP contribution in [0.5, 0.6) is 0 Å². The Morgan fingerprint density at radius 3 is 2.42 bits per heavy atom. The van der Waals surface area contributed by atoms with Gasteiger partial charge in [0, 0.05) is 18.7 Å². The van der Waals surface area contributed by atoms with E-state index in [0.29, 0.717) is 13.1 Å². The van der Waals surface area contributed by atoms with E-state index in [-0.39, 0.29) is 5.56 Å². The van der Waals surface area contributed by atoms with Gasteiger partial charge in [-0.25, -0.2) is 17.9 Å². The van der Waals surface area contributed by atoms with Crippen molar-refractivity contribution in [2.24, 2.45) is 5.14 Å². The molecule has 0 atom stereocenters. The third kappa shape index (κ3) is 4.00. The molecule has 2 N–H and O–H groups in total. The number of carbonyl (C=O) groups excluding carboxylic acids is 1. The first-order valence-corrected chi connectivity index (χ1v) is 7.46. The minimum atomic E-state index is -4.04. The second kappa shape index (κ2) is 6.12. The van der Waals surface area contributed by atoms with Crippen LogP contribution in [-0.2, 0) is 10.0 Å². The molecule has 0 aliphatic rings. The fourth-order valence-electron chi connectivity index (χ4n) is 1.71. The van der Waals surface area contributed by atoms with Crippen LogP contribution in [0.3, 0.4) is 0 Å². The zero-order chi connectivity index (χ0) is 14.6. The molecule has 0 aliphatic carbocycles. The van der Waals surface area contributed by atoms with Crippen molar-refractivity contribution >= 4 is 15.9 Å². The Kier molecular flexibility index (Phi) is 5.02. The van der Waals surface area contributed by atoms with Crippen LogP contribution < -0.4 is 5.14 Å². The van der Waals surface area contributed by atoms with E-state index >= 15 is 0 Å². The Balaban J connectivity index is 3.20. The summed E-state index contributed by atoms with van der Waals surface area (Å²) in [6.45, 7) is 4.70. The highest BCUT2D eigenvalue weighted by Crippen LogP contribution is 2.15. The summed E-state index contributed by atoms with van der Waals surface area (Å²) in [5.74, 6) is -1.21. The number of amides is 1. The van der Waals surface area contributed by atoms with Crippen molar-refractivity contribution in [3.63, 3.8) is 0 Å². The quantitative estimate of drug-likeness (QED) is 0.888. The summed E-state index contributed by atoms with van der Waals surface area (Å²) in [5.41, 5.74) is -0.0145. The van der Waals surface area contributed by atoms with Crippen LogP contribution in [0.2, 0.25) is 0 Å². The van der Waals surface area contributed by atoms with Gasteiger partial charge in [-0.1, -0.05) is 6.92 Å². The van der Waals surface area contributed by atoms with Crippen LogP contribution in [-0.4, -0.2) is 32.3 Å². The number of nitrogens with zero attached hydrogens (tertiary/aromatic N) is 1. The maximum absolute atomic E-state index is 13.4. The third-order valence-electron chi connectivity index (χ3n) is 2.61. The molecule has 1 amide bonds. The van der Waals surface area contributed by atoms with Gasteiger partial charge in [0.1, 0.15) is 5.82 Å². The first kappa shape index (κ1) is 15.6. The molecule has 1 aromatic carbocycles. The molecule has 0 saturated carbocycles. The van der Waals surface area contributed by atoms with E-state index in [1.807, 2.05) is 6.92 Å². The van der Waals surface area contributed by atoms with E-state index in [0.717, 1.165) is 24.6 Å². The minimum Gasteiger partial charge on any atom is -0.339 e. The van der Waals surface area contributed by atoms with Crippen molar-refractivity contribution in [3.8, 4) is 0 Å². The molecule has 0 fully saturated rings. The van der Waals surface area contributed by atoms with Crippen molar-refractivity contribution in [3.05, 3.63) is 29.6 Å². The van der Waals surface area contributed by atoms with Crippen LogP contribution in [0.1, 0.15) is 30.6 Å². The van der Waals surface area contributed by atoms with E-state index < -0.39 is 26.6 Å². The molecule has 0 saturated heterocycles. The van der Waals surface area contributed by atoms with Crippen LogP contribution in [0.25, 0.3) is 0 Å². The topological polar surface area (TPSA) is 80.5 Å². The average molecular weight is 288 g/mol. The van der Waals surface area contributed by atoms with Gasteiger partial charge in [-0.15, -0.1) is 0 Å². The van der Waals surface area contributed by atoms with Gasteiger partial charge >= 0.3 is 0 Å². The Morgan fingerprint density at radius 1 is 1.32 bits per heavy atom. The summed E-state index contributed by atoms with van der Waals surface area (Å²) in [4.78, 5) is 13.2. The third-order valence-corrected chi connectivity index (χ3v) is 3.50. The van der Waals surface area contributed by atoms with Crippen LogP contribution in [0.15, 0.2) is 23.1 Å². The van der Waals surface area contributed by atoms with Crippen LogP contribution in [0.4, 0.5) is 4.39 Å². The number of hydrogen-bond donors (Lipinski definition) is 1. The van der Waals surface area contributed by atoms with Crippen molar-refractivity contribution in [2.75, 3.05) is 13.1 Å². The Morgan fingerprint density at radius 2 is 1.95 bits per heavy atom. The van der Waals surface area contributed by atoms with Crippen molar-refractivity contribution < 1.29 is 17.6 Å². The van der Waals surface area contributed by atoms with Crippen molar-refractivity contribution in [1.82, 2.24) is 4.90 Å². The lowest BCUT2D eigenvalue weighted by Crippen LogP contribution is -2.31. The molecular weight excluding hydrogens is 271 g/mol. The summed E-state index contributed by atoms with van der Waals surface area (Å²) in [5, 5.41) is 4.94. The Labute approximate surface area is 112 Å². The van der Waals surface area contributed by atoms with Crippen LogP contribution >= 0.6 is 0 Å². The van der Waals surface area contributed by atoms with Gasteiger partial charge in [-0.05, 0) is 31.5 Å². The van der Waals surface area contributed by atoms with Gasteiger partial charge in [0.15, 0.2) is 0 Å². The van der Waals surface area contributed by atoms with E-state index in [4.69, 9.17) is 5.14 Å². The Hall–Kier alpha value is -1.47. The standard InChI is InChI=1S/C12H17FN2O3S/c1-3-5-15(4-2)12(16)9-6-10(13)8-11(7-9)19(14,17)18/h6-8H,3-5H2,1-2H3,(H2,14,17,18). The van der Waals surface area contributed by atoms with Crippen LogP contribution in [0, 0.1) is 5.82 Å². The minimum absolute atomic E-state index is 0.0145. The summed E-state index contributed by atoms with van der Waals surface area (Å²) in [7, 11) is -4.04. The second-order valence-corrected chi connectivity index (χ2v) is 5.67. The molecule has 1 rings (SSSR count). The SMILES string of the molecule is CCCN(CC)C(=O)c1cc(F)cc(S(N)(=O)=O)c1. The molecule has 0 radical (unpaired) electrons. The lowest BCUT2D eigenvalue weighted by molar-refractivity contribution is 0.0763. The van der Waals surface area contributed by atoms with Gasteiger partial charge < -0.3 is 4.90 Å². The lowest BCUT2D eigenvalue weighted by atomic mass is 10.2. The molecule has 106 valence electrons. The maximum atomic E-state index is 13.4. The average Bonchev–Trinajstić information content (AvgIpc) is 2.33. The molecule has 0 spiro atoms. The van der Waals surface area contributed by atoms with Crippen molar-refractivity contribution in [1.29, 1.82) is 0 Å². The molecule has 0 unspecified atom stereocenters.